The predicted molar refractivity (Wildman–Crippen MR) is 56.2 cm³/mol. The summed E-state index contributed by atoms with van der Waals surface area (Å²) in [6.45, 7) is 2.20. The standard InChI is InChI=1S/C11H12N2O3/c1-7(4-12)16-9-3-11-10(14-6-15-11)2-8(9)5-13/h2-3,7H,5-6,13H2,1H3. The molecule has 0 aromatic heterocycles. The maximum Gasteiger partial charge on any atom is 0.231 e. The minimum atomic E-state index is -0.523. The number of hydrogen-bond acceptors (Lipinski definition) is 5. The lowest BCUT2D eigenvalue weighted by Crippen LogP contribution is -2.11. The summed E-state index contributed by atoms with van der Waals surface area (Å²) in [5.74, 6) is 1.86. The van der Waals surface area contributed by atoms with Crippen LogP contribution >= 0.6 is 0 Å². The molecule has 2 N–H and O–H groups in total. The number of benzene rings is 1. The number of nitrogens with zero attached hydrogens (tertiary/aromatic N) is 1. The van der Waals surface area contributed by atoms with Crippen molar-refractivity contribution in [3.63, 3.8) is 0 Å². The van der Waals surface area contributed by atoms with Gasteiger partial charge in [-0.2, -0.15) is 5.26 Å². The van der Waals surface area contributed by atoms with E-state index in [9.17, 15) is 0 Å². The molecule has 2 rings (SSSR count). The van der Waals surface area contributed by atoms with Crippen LogP contribution in [0, 0.1) is 11.3 Å². The number of ether oxygens (including phenoxy) is 3. The van der Waals surface area contributed by atoms with Gasteiger partial charge in [0, 0.05) is 18.2 Å². The van der Waals surface area contributed by atoms with Gasteiger partial charge in [0.1, 0.15) is 11.8 Å². The van der Waals surface area contributed by atoms with Gasteiger partial charge in [0.25, 0.3) is 0 Å². The summed E-state index contributed by atoms with van der Waals surface area (Å²) in [4.78, 5) is 0. The summed E-state index contributed by atoms with van der Waals surface area (Å²) in [6.07, 6.45) is -0.523. The van der Waals surface area contributed by atoms with Gasteiger partial charge in [-0.05, 0) is 13.0 Å². The van der Waals surface area contributed by atoms with Gasteiger partial charge in [-0.3, -0.25) is 0 Å². The lowest BCUT2D eigenvalue weighted by atomic mass is 10.1. The minimum absolute atomic E-state index is 0.205. The molecule has 1 unspecified atom stereocenters. The zero-order valence-corrected chi connectivity index (χ0v) is 8.90. The Morgan fingerprint density at radius 1 is 1.50 bits per heavy atom. The van der Waals surface area contributed by atoms with E-state index in [0.29, 0.717) is 23.8 Å². The Kier molecular flexibility index (Phi) is 2.84. The van der Waals surface area contributed by atoms with Crippen LogP contribution in [0.1, 0.15) is 12.5 Å². The number of fused-ring (bicyclic) bond motifs is 1. The van der Waals surface area contributed by atoms with E-state index >= 15 is 0 Å². The Morgan fingerprint density at radius 2 is 2.19 bits per heavy atom. The molecule has 1 atom stereocenters. The van der Waals surface area contributed by atoms with Crippen LogP contribution in [0.4, 0.5) is 0 Å². The Hall–Kier alpha value is -1.93. The third-order valence-electron chi connectivity index (χ3n) is 2.26. The predicted octanol–water partition coefficient (Wildman–Crippen LogP) is 1.16. The van der Waals surface area contributed by atoms with Crippen LogP contribution in [-0.2, 0) is 6.54 Å². The fourth-order valence-corrected chi connectivity index (χ4v) is 1.45. The molecule has 1 aliphatic heterocycles. The van der Waals surface area contributed by atoms with Crippen LogP contribution in [-0.4, -0.2) is 12.9 Å². The quantitative estimate of drug-likeness (QED) is 0.827. The molecular weight excluding hydrogens is 208 g/mol. The summed E-state index contributed by atoms with van der Waals surface area (Å²) in [5, 5.41) is 8.69. The van der Waals surface area contributed by atoms with E-state index in [1.807, 2.05) is 6.07 Å². The van der Waals surface area contributed by atoms with E-state index in [2.05, 4.69) is 0 Å². The Bertz CT molecular complexity index is 440. The van der Waals surface area contributed by atoms with Gasteiger partial charge >= 0.3 is 0 Å². The summed E-state index contributed by atoms with van der Waals surface area (Å²) in [6, 6.07) is 5.48. The van der Waals surface area contributed by atoms with Gasteiger partial charge in [0.2, 0.25) is 6.79 Å². The zero-order valence-electron chi connectivity index (χ0n) is 8.90. The van der Waals surface area contributed by atoms with E-state index in [1.165, 1.54) is 0 Å². The number of nitrogens with two attached hydrogens (primary N) is 1. The fourth-order valence-electron chi connectivity index (χ4n) is 1.45. The molecule has 5 heteroatoms. The minimum Gasteiger partial charge on any atom is -0.475 e. The Morgan fingerprint density at radius 3 is 2.81 bits per heavy atom. The van der Waals surface area contributed by atoms with Gasteiger partial charge in [-0.25, -0.2) is 0 Å². The lowest BCUT2D eigenvalue weighted by Gasteiger charge is -2.12. The maximum atomic E-state index is 8.69. The second-order valence-electron chi connectivity index (χ2n) is 3.41. The van der Waals surface area contributed by atoms with Crippen molar-refractivity contribution < 1.29 is 14.2 Å². The average Bonchev–Trinajstić information content (AvgIpc) is 2.74. The van der Waals surface area contributed by atoms with Crippen molar-refractivity contribution in [1.82, 2.24) is 0 Å². The molecule has 0 fully saturated rings. The molecule has 1 aliphatic rings. The SMILES string of the molecule is CC(C#N)Oc1cc2c(cc1CN)OCO2. The number of nitriles is 1. The van der Waals surface area contributed by atoms with Crippen molar-refractivity contribution >= 4 is 0 Å². The topological polar surface area (TPSA) is 77.5 Å². The Labute approximate surface area is 93.3 Å². The van der Waals surface area contributed by atoms with Crippen LogP contribution in [0.2, 0.25) is 0 Å². The smallest absolute Gasteiger partial charge is 0.231 e. The summed E-state index contributed by atoms with van der Waals surface area (Å²) < 4.78 is 15.9. The van der Waals surface area contributed by atoms with Crippen LogP contribution < -0.4 is 19.9 Å². The van der Waals surface area contributed by atoms with E-state index in [4.69, 9.17) is 25.2 Å². The second kappa shape index (κ2) is 4.29. The van der Waals surface area contributed by atoms with Crippen molar-refractivity contribution in [2.24, 2.45) is 5.73 Å². The molecule has 84 valence electrons. The van der Waals surface area contributed by atoms with E-state index in [0.717, 1.165) is 5.56 Å². The zero-order chi connectivity index (χ0) is 11.5. The molecule has 16 heavy (non-hydrogen) atoms. The molecule has 1 aromatic rings. The van der Waals surface area contributed by atoms with Gasteiger partial charge in [-0.1, -0.05) is 0 Å². The largest absolute Gasteiger partial charge is 0.475 e. The summed E-state index contributed by atoms with van der Waals surface area (Å²) in [7, 11) is 0. The molecule has 0 bridgehead atoms. The first-order valence-corrected chi connectivity index (χ1v) is 4.93. The van der Waals surface area contributed by atoms with Gasteiger partial charge in [-0.15, -0.1) is 0 Å². The molecule has 0 saturated carbocycles. The third kappa shape index (κ3) is 1.88. The molecule has 5 nitrogen and oxygen atoms in total. The lowest BCUT2D eigenvalue weighted by molar-refractivity contribution is 0.173. The van der Waals surface area contributed by atoms with Crippen molar-refractivity contribution in [2.45, 2.75) is 19.6 Å². The first kappa shape index (κ1) is 10.6. The van der Waals surface area contributed by atoms with Crippen molar-refractivity contribution in [3.05, 3.63) is 17.7 Å². The van der Waals surface area contributed by atoms with Crippen LogP contribution in [0.25, 0.3) is 0 Å². The first-order valence-electron chi connectivity index (χ1n) is 4.93. The highest BCUT2D eigenvalue weighted by Gasteiger charge is 2.18. The normalized spacial score (nSPS) is 14.3. The molecule has 1 heterocycles. The molecule has 0 saturated heterocycles. The van der Waals surface area contributed by atoms with Crippen LogP contribution in [0.5, 0.6) is 17.2 Å². The first-order chi connectivity index (χ1) is 7.74. The highest BCUT2D eigenvalue weighted by atomic mass is 16.7. The molecule has 0 aliphatic carbocycles. The number of hydrogen-bond donors (Lipinski definition) is 1. The highest BCUT2D eigenvalue weighted by Crippen LogP contribution is 2.38. The van der Waals surface area contributed by atoms with Crippen LogP contribution in [0.15, 0.2) is 12.1 Å². The maximum absolute atomic E-state index is 8.69. The molecule has 0 radical (unpaired) electrons. The monoisotopic (exact) mass is 220 g/mol. The second-order valence-corrected chi connectivity index (χ2v) is 3.41. The van der Waals surface area contributed by atoms with Gasteiger partial charge in [0.05, 0.1) is 0 Å². The molecule has 1 aromatic carbocycles. The van der Waals surface area contributed by atoms with E-state index in [-0.39, 0.29) is 6.79 Å². The molecule has 0 amide bonds. The number of rotatable bonds is 3. The summed E-state index contributed by atoms with van der Waals surface area (Å²) in [5.41, 5.74) is 6.40. The third-order valence-corrected chi connectivity index (χ3v) is 2.26. The molecule has 0 spiro atoms. The summed E-state index contributed by atoms with van der Waals surface area (Å²) >= 11 is 0. The average molecular weight is 220 g/mol. The van der Waals surface area contributed by atoms with Crippen molar-refractivity contribution in [3.8, 4) is 23.3 Å². The van der Waals surface area contributed by atoms with Crippen molar-refractivity contribution in [2.75, 3.05) is 6.79 Å². The van der Waals surface area contributed by atoms with Crippen LogP contribution in [0.3, 0.4) is 0 Å². The van der Waals surface area contributed by atoms with E-state index < -0.39 is 6.10 Å². The molecular formula is C11H12N2O3. The van der Waals surface area contributed by atoms with Gasteiger partial charge in [0.15, 0.2) is 17.6 Å². The highest BCUT2D eigenvalue weighted by molar-refractivity contribution is 5.51. The fraction of sp³-hybridized carbons (Fsp3) is 0.364. The van der Waals surface area contributed by atoms with Crippen molar-refractivity contribution in [1.29, 1.82) is 5.26 Å². The Balaban J connectivity index is 2.33. The van der Waals surface area contributed by atoms with E-state index in [1.54, 1.807) is 19.1 Å². The van der Waals surface area contributed by atoms with Gasteiger partial charge < -0.3 is 19.9 Å².